The molecule has 0 fully saturated rings. The Labute approximate surface area is 108 Å². The second-order valence-electron chi connectivity index (χ2n) is 4.77. The van der Waals surface area contributed by atoms with Crippen LogP contribution in [0.25, 0.3) is 0 Å². The lowest BCUT2D eigenvalue weighted by molar-refractivity contribution is -0.121. The highest BCUT2D eigenvalue weighted by molar-refractivity contribution is 7.11. The number of carbonyl (C=O) groups is 1. The van der Waals surface area contributed by atoms with Crippen molar-refractivity contribution in [3.63, 3.8) is 0 Å². The van der Waals surface area contributed by atoms with Gasteiger partial charge in [-0.3, -0.25) is 4.79 Å². The van der Waals surface area contributed by atoms with Gasteiger partial charge in [0, 0.05) is 17.8 Å². The molecular weight excluding hydrogens is 232 g/mol. The van der Waals surface area contributed by atoms with Crippen molar-refractivity contribution in [2.45, 2.75) is 47.0 Å². The Morgan fingerprint density at radius 3 is 2.65 bits per heavy atom. The largest absolute Gasteiger partial charge is 0.356 e. The Morgan fingerprint density at radius 2 is 2.12 bits per heavy atom. The molecule has 0 aromatic carbocycles. The van der Waals surface area contributed by atoms with Crippen LogP contribution in [-0.4, -0.2) is 17.4 Å². The minimum Gasteiger partial charge on any atom is -0.356 e. The highest BCUT2D eigenvalue weighted by Gasteiger charge is 2.07. The molecule has 0 saturated carbocycles. The number of nitrogens with one attached hydrogen (secondary N) is 1. The maximum atomic E-state index is 11.6. The molecule has 0 spiro atoms. The van der Waals surface area contributed by atoms with Crippen LogP contribution < -0.4 is 5.32 Å². The van der Waals surface area contributed by atoms with E-state index in [2.05, 4.69) is 24.1 Å². The predicted octanol–water partition coefficient (Wildman–Crippen LogP) is 2.85. The van der Waals surface area contributed by atoms with E-state index < -0.39 is 0 Å². The van der Waals surface area contributed by atoms with Gasteiger partial charge in [-0.1, -0.05) is 13.8 Å². The summed E-state index contributed by atoms with van der Waals surface area (Å²) in [5.41, 5.74) is 1.07. The van der Waals surface area contributed by atoms with Gasteiger partial charge in [0.25, 0.3) is 0 Å². The molecule has 1 aromatic rings. The number of amides is 1. The van der Waals surface area contributed by atoms with Crippen molar-refractivity contribution in [1.29, 1.82) is 0 Å². The van der Waals surface area contributed by atoms with E-state index in [0.717, 1.165) is 30.1 Å². The van der Waals surface area contributed by atoms with Crippen LogP contribution >= 0.6 is 11.3 Å². The number of thiazole rings is 1. The van der Waals surface area contributed by atoms with Crippen molar-refractivity contribution < 1.29 is 4.79 Å². The van der Waals surface area contributed by atoms with E-state index in [-0.39, 0.29) is 5.91 Å². The summed E-state index contributed by atoms with van der Waals surface area (Å²) in [7, 11) is 0. The SMILES string of the molecule is Cc1nc(C)c(CCC(=O)NCCC(C)C)s1. The second-order valence-corrected chi connectivity index (χ2v) is 6.06. The highest BCUT2D eigenvalue weighted by Crippen LogP contribution is 2.18. The normalized spacial score (nSPS) is 10.9. The lowest BCUT2D eigenvalue weighted by Gasteiger charge is -2.06. The molecule has 0 aliphatic heterocycles. The molecule has 4 heteroatoms. The maximum absolute atomic E-state index is 11.6. The van der Waals surface area contributed by atoms with E-state index in [0.29, 0.717) is 12.3 Å². The average molecular weight is 254 g/mol. The third-order valence-electron chi connectivity index (χ3n) is 2.62. The smallest absolute Gasteiger partial charge is 0.220 e. The van der Waals surface area contributed by atoms with Crippen molar-refractivity contribution in [2.75, 3.05) is 6.54 Å². The number of carbonyl (C=O) groups excluding carboxylic acids is 1. The van der Waals surface area contributed by atoms with Crippen molar-refractivity contribution in [3.8, 4) is 0 Å². The fraction of sp³-hybridized carbons (Fsp3) is 0.692. The van der Waals surface area contributed by atoms with Gasteiger partial charge in [-0.15, -0.1) is 11.3 Å². The molecule has 0 aliphatic rings. The van der Waals surface area contributed by atoms with Crippen LogP contribution in [0.2, 0.25) is 0 Å². The average Bonchev–Trinajstić information content (AvgIpc) is 2.54. The van der Waals surface area contributed by atoms with Crippen LogP contribution in [0, 0.1) is 19.8 Å². The first-order chi connectivity index (χ1) is 7.99. The molecule has 1 N–H and O–H groups in total. The quantitative estimate of drug-likeness (QED) is 0.848. The van der Waals surface area contributed by atoms with Crippen molar-refractivity contribution in [2.24, 2.45) is 5.92 Å². The molecule has 0 unspecified atom stereocenters. The summed E-state index contributed by atoms with van der Waals surface area (Å²) in [4.78, 5) is 17.2. The second kappa shape index (κ2) is 6.74. The molecule has 0 radical (unpaired) electrons. The molecule has 1 heterocycles. The Hall–Kier alpha value is -0.900. The number of aromatic nitrogens is 1. The molecule has 0 atom stereocenters. The summed E-state index contributed by atoms with van der Waals surface area (Å²) in [5.74, 6) is 0.790. The summed E-state index contributed by atoms with van der Waals surface area (Å²) in [6.45, 7) is 9.13. The standard InChI is InChI=1S/C13H22N2OS/c1-9(2)7-8-14-13(16)6-5-12-10(3)15-11(4)17-12/h9H,5-8H2,1-4H3,(H,14,16). The topological polar surface area (TPSA) is 42.0 Å². The van der Waals surface area contributed by atoms with Crippen molar-refractivity contribution in [1.82, 2.24) is 10.3 Å². The van der Waals surface area contributed by atoms with E-state index >= 15 is 0 Å². The zero-order chi connectivity index (χ0) is 12.8. The molecule has 3 nitrogen and oxygen atoms in total. The van der Waals surface area contributed by atoms with Gasteiger partial charge in [-0.05, 0) is 32.6 Å². The van der Waals surface area contributed by atoms with E-state index in [9.17, 15) is 4.79 Å². The van der Waals surface area contributed by atoms with Gasteiger partial charge >= 0.3 is 0 Å². The van der Waals surface area contributed by atoms with Crippen LogP contribution in [0.5, 0.6) is 0 Å². The van der Waals surface area contributed by atoms with Crippen molar-refractivity contribution >= 4 is 17.2 Å². The van der Waals surface area contributed by atoms with Gasteiger partial charge in [0.15, 0.2) is 0 Å². The van der Waals surface area contributed by atoms with Gasteiger partial charge < -0.3 is 5.32 Å². The van der Waals surface area contributed by atoms with Crippen LogP contribution in [0.4, 0.5) is 0 Å². The minimum atomic E-state index is 0.149. The maximum Gasteiger partial charge on any atom is 0.220 e. The number of nitrogens with zero attached hydrogens (tertiary/aromatic N) is 1. The molecule has 1 rings (SSSR count). The van der Waals surface area contributed by atoms with Crippen LogP contribution in [0.15, 0.2) is 0 Å². The zero-order valence-corrected chi connectivity index (χ0v) is 12.0. The monoisotopic (exact) mass is 254 g/mol. The Kier molecular flexibility index (Phi) is 5.62. The van der Waals surface area contributed by atoms with Gasteiger partial charge in [-0.2, -0.15) is 0 Å². The van der Waals surface area contributed by atoms with E-state index in [1.807, 2.05) is 13.8 Å². The summed E-state index contributed by atoms with van der Waals surface area (Å²) in [5, 5.41) is 4.04. The fourth-order valence-electron chi connectivity index (χ4n) is 1.62. The minimum absolute atomic E-state index is 0.149. The molecule has 96 valence electrons. The molecule has 0 saturated heterocycles. The third-order valence-corrected chi connectivity index (χ3v) is 3.76. The van der Waals surface area contributed by atoms with Crippen LogP contribution in [-0.2, 0) is 11.2 Å². The van der Waals surface area contributed by atoms with E-state index in [1.54, 1.807) is 11.3 Å². The lowest BCUT2D eigenvalue weighted by atomic mass is 10.1. The van der Waals surface area contributed by atoms with Gasteiger partial charge in [0.1, 0.15) is 0 Å². The molecule has 1 aromatic heterocycles. The van der Waals surface area contributed by atoms with Gasteiger partial charge in [0.05, 0.1) is 10.7 Å². The third kappa shape index (κ3) is 5.31. The van der Waals surface area contributed by atoms with E-state index in [4.69, 9.17) is 0 Å². The molecule has 0 bridgehead atoms. The number of hydrogen-bond acceptors (Lipinski definition) is 3. The first kappa shape index (κ1) is 14.2. The van der Waals surface area contributed by atoms with Crippen LogP contribution in [0.1, 0.15) is 42.3 Å². The fourth-order valence-corrected chi connectivity index (χ4v) is 2.56. The Balaban J connectivity index is 2.26. The Morgan fingerprint density at radius 1 is 1.41 bits per heavy atom. The lowest BCUT2D eigenvalue weighted by Crippen LogP contribution is -2.25. The summed E-state index contributed by atoms with van der Waals surface area (Å²) in [6.07, 6.45) is 2.43. The summed E-state index contributed by atoms with van der Waals surface area (Å²) in [6, 6.07) is 0. The van der Waals surface area contributed by atoms with Gasteiger partial charge in [-0.25, -0.2) is 4.98 Å². The Bertz CT molecular complexity index is 371. The summed E-state index contributed by atoms with van der Waals surface area (Å²) >= 11 is 1.69. The predicted molar refractivity (Wildman–Crippen MR) is 72.4 cm³/mol. The number of rotatable bonds is 6. The first-order valence-electron chi connectivity index (χ1n) is 6.18. The molecule has 1 amide bonds. The number of aryl methyl sites for hydroxylation is 3. The molecule has 0 aliphatic carbocycles. The molecular formula is C13H22N2OS. The summed E-state index contributed by atoms with van der Waals surface area (Å²) < 4.78 is 0. The van der Waals surface area contributed by atoms with Crippen LogP contribution in [0.3, 0.4) is 0 Å². The van der Waals surface area contributed by atoms with Crippen molar-refractivity contribution in [3.05, 3.63) is 15.6 Å². The highest BCUT2D eigenvalue weighted by atomic mass is 32.1. The molecule has 17 heavy (non-hydrogen) atoms. The first-order valence-corrected chi connectivity index (χ1v) is 7.00. The van der Waals surface area contributed by atoms with E-state index in [1.165, 1.54) is 4.88 Å². The zero-order valence-electron chi connectivity index (χ0n) is 11.2. The van der Waals surface area contributed by atoms with Gasteiger partial charge in [0.2, 0.25) is 5.91 Å². The number of hydrogen-bond donors (Lipinski definition) is 1.